The van der Waals surface area contributed by atoms with E-state index in [1.165, 1.54) is 12.1 Å². The van der Waals surface area contributed by atoms with Gasteiger partial charge in [0.1, 0.15) is 17.6 Å². The zero-order valence-electron chi connectivity index (χ0n) is 8.27. The molecular weight excluding hydrogens is 336 g/mol. The first-order chi connectivity index (χ1) is 7.35. The third kappa shape index (κ3) is 2.53. The molecule has 2 rings (SSSR count). The summed E-state index contributed by atoms with van der Waals surface area (Å²) in [6, 6.07) is 2.71. The van der Waals surface area contributed by atoms with Crippen molar-refractivity contribution in [3.8, 4) is 11.5 Å². The maximum Gasteiger partial charge on any atom is 0.573 e. The van der Waals surface area contributed by atoms with Crippen molar-refractivity contribution in [3.05, 3.63) is 21.3 Å². The number of benzene rings is 1. The second-order valence-electron chi connectivity index (χ2n) is 3.57. The molecule has 0 bridgehead atoms. The van der Waals surface area contributed by atoms with Gasteiger partial charge in [-0.25, -0.2) is 0 Å². The summed E-state index contributed by atoms with van der Waals surface area (Å²) in [4.78, 5) is 0. The van der Waals surface area contributed by atoms with Crippen LogP contribution >= 0.6 is 22.6 Å². The third-order valence-electron chi connectivity index (χ3n) is 2.15. The Morgan fingerprint density at radius 3 is 2.75 bits per heavy atom. The first-order valence-electron chi connectivity index (χ1n) is 4.60. The van der Waals surface area contributed by atoms with Crippen molar-refractivity contribution in [3.63, 3.8) is 0 Å². The van der Waals surface area contributed by atoms with E-state index in [2.05, 4.69) is 4.74 Å². The molecule has 0 saturated carbocycles. The van der Waals surface area contributed by atoms with Crippen LogP contribution in [0.4, 0.5) is 13.2 Å². The molecule has 6 heteroatoms. The van der Waals surface area contributed by atoms with Gasteiger partial charge in [0.25, 0.3) is 0 Å². The maximum atomic E-state index is 12.0. The third-order valence-corrected chi connectivity index (χ3v) is 2.96. The molecule has 0 N–H and O–H groups in total. The summed E-state index contributed by atoms with van der Waals surface area (Å²) >= 11 is 1.94. The molecule has 1 atom stereocenters. The van der Waals surface area contributed by atoms with Crippen LogP contribution in [0.2, 0.25) is 0 Å². The molecule has 0 spiro atoms. The van der Waals surface area contributed by atoms with Gasteiger partial charge in [0.15, 0.2) is 0 Å². The van der Waals surface area contributed by atoms with Crippen LogP contribution in [0.1, 0.15) is 12.5 Å². The minimum Gasteiger partial charge on any atom is -0.489 e. The highest BCUT2D eigenvalue weighted by molar-refractivity contribution is 14.1. The van der Waals surface area contributed by atoms with Crippen LogP contribution in [-0.2, 0) is 6.42 Å². The average Bonchev–Trinajstić information content (AvgIpc) is 2.42. The summed E-state index contributed by atoms with van der Waals surface area (Å²) in [5.41, 5.74) is 0.763. The molecule has 0 aliphatic carbocycles. The predicted molar refractivity (Wildman–Crippen MR) is 59.6 cm³/mol. The van der Waals surface area contributed by atoms with Crippen molar-refractivity contribution >= 4 is 22.6 Å². The summed E-state index contributed by atoms with van der Waals surface area (Å²) < 4.78 is 46.1. The summed E-state index contributed by atoms with van der Waals surface area (Å²) in [7, 11) is 0. The summed E-state index contributed by atoms with van der Waals surface area (Å²) in [6.07, 6.45) is -4.03. The number of hydrogen-bond donors (Lipinski definition) is 0. The van der Waals surface area contributed by atoms with Gasteiger partial charge in [-0.2, -0.15) is 0 Å². The van der Waals surface area contributed by atoms with Crippen LogP contribution in [0.3, 0.4) is 0 Å². The molecule has 2 nitrogen and oxygen atoms in total. The van der Waals surface area contributed by atoms with Gasteiger partial charge in [-0.15, -0.1) is 13.2 Å². The fraction of sp³-hybridized carbons (Fsp3) is 0.400. The first-order valence-corrected chi connectivity index (χ1v) is 5.68. The monoisotopic (exact) mass is 344 g/mol. The number of halogens is 4. The average molecular weight is 344 g/mol. The summed E-state index contributed by atoms with van der Waals surface area (Å²) in [6.45, 7) is 1.88. The van der Waals surface area contributed by atoms with Crippen LogP contribution in [0.15, 0.2) is 12.1 Å². The fourth-order valence-corrected chi connectivity index (χ4v) is 2.43. The number of hydrogen-bond acceptors (Lipinski definition) is 2. The zero-order valence-corrected chi connectivity index (χ0v) is 10.4. The molecule has 1 aliphatic rings. The van der Waals surface area contributed by atoms with Gasteiger partial charge in [0.05, 0.1) is 3.57 Å². The highest BCUT2D eigenvalue weighted by Crippen LogP contribution is 2.38. The summed E-state index contributed by atoms with van der Waals surface area (Å²) in [5, 5.41) is 0. The van der Waals surface area contributed by atoms with Gasteiger partial charge >= 0.3 is 6.36 Å². The Balaban J connectivity index is 2.31. The Morgan fingerprint density at radius 1 is 1.44 bits per heavy atom. The van der Waals surface area contributed by atoms with Gasteiger partial charge < -0.3 is 9.47 Å². The van der Waals surface area contributed by atoms with E-state index in [0.717, 1.165) is 5.56 Å². The molecule has 0 aromatic heterocycles. The SMILES string of the molecule is CC1Cc2cc(OC(F)(F)F)cc(I)c2O1. The van der Waals surface area contributed by atoms with E-state index in [1.807, 2.05) is 29.5 Å². The van der Waals surface area contributed by atoms with Crippen molar-refractivity contribution < 1.29 is 22.6 Å². The van der Waals surface area contributed by atoms with E-state index >= 15 is 0 Å². The summed E-state index contributed by atoms with van der Waals surface area (Å²) in [5.74, 6) is 0.482. The molecule has 0 radical (unpaired) electrons. The van der Waals surface area contributed by atoms with E-state index < -0.39 is 6.36 Å². The zero-order chi connectivity index (χ0) is 11.9. The minimum atomic E-state index is -4.65. The van der Waals surface area contributed by atoms with E-state index in [-0.39, 0.29) is 11.9 Å². The predicted octanol–water partition coefficient (Wildman–Crippen LogP) is 3.51. The molecule has 0 amide bonds. The molecule has 0 saturated heterocycles. The number of rotatable bonds is 1. The lowest BCUT2D eigenvalue weighted by atomic mass is 10.1. The van der Waals surface area contributed by atoms with Crippen molar-refractivity contribution in [2.75, 3.05) is 0 Å². The highest BCUT2D eigenvalue weighted by atomic mass is 127. The Morgan fingerprint density at radius 2 is 2.12 bits per heavy atom. The van der Waals surface area contributed by atoms with Crippen molar-refractivity contribution in [1.82, 2.24) is 0 Å². The highest BCUT2D eigenvalue weighted by Gasteiger charge is 2.32. The van der Waals surface area contributed by atoms with Crippen molar-refractivity contribution in [2.24, 2.45) is 0 Å². The minimum absolute atomic E-state index is 0.00431. The molecule has 1 aromatic carbocycles. The molecule has 88 valence electrons. The quantitative estimate of drug-likeness (QED) is 0.726. The van der Waals surface area contributed by atoms with Gasteiger partial charge in [-0.1, -0.05) is 0 Å². The fourth-order valence-electron chi connectivity index (χ4n) is 1.65. The van der Waals surface area contributed by atoms with E-state index in [0.29, 0.717) is 15.7 Å². The smallest absolute Gasteiger partial charge is 0.489 e. The Hall–Kier alpha value is -0.660. The molecular formula is C10H8F3IO2. The van der Waals surface area contributed by atoms with Crippen molar-refractivity contribution in [2.45, 2.75) is 25.8 Å². The van der Waals surface area contributed by atoms with Gasteiger partial charge in [0, 0.05) is 12.0 Å². The van der Waals surface area contributed by atoms with E-state index in [1.54, 1.807) is 0 Å². The number of ether oxygens (including phenoxy) is 2. The van der Waals surface area contributed by atoms with Crippen LogP contribution in [-0.4, -0.2) is 12.5 Å². The maximum absolute atomic E-state index is 12.0. The lowest BCUT2D eigenvalue weighted by Gasteiger charge is -2.11. The Labute approximate surface area is 104 Å². The first kappa shape index (κ1) is 11.8. The van der Waals surface area contributed by atoms with Crippen LogP contribution in [0.5, 0.6) is 11.5 Å². The standard InChI is InChI=1S/C10H8F3IO2/c1-5-2-6-3-7(16-10(11,12)13)4-8(14)9(6)15-5/h3-5H,2H2,1H3. The van der Waals surface area contributed by atoms with Crippen molar-refractivity contribution in [1.29, 1.82) is 0 Å². The largest absolute Gasteiger partial charge is 0.573 e. The number of fused-ring (bicyclic) bond motifs is 1. The van der Waals surface area contributed by atoms with Gasteiger partial charge in [-0.3, -0.25) is 0 Å². The van der Waals surface area contributed by atoms with Crippen LogP contribution in [0.25, 0.3) is 0 Å². The number of alkyl halides is 3. The van der Waals surface area contributed by atoms with Crippen LogP contribution < -0.4 is 9.47 Å². The topological polar surface area (TPSA) is 18.5 Å². The Kier molecular flexibility index (Phi) is 2.93. The van der Waals surface area contributed by atoms with Gasteiger partial charge in [-0.05, 0) is 41.6 Å². The van der Waals surface area contributed by atoms with Crippen LogP contribution in [0, 0.1) is 3.57 Å². The molecule has 1 aliphatic heterocycles. The van der Waals surface area contributed by atoms with E-state index in [4.69, 9.17) is 4.74 Å². The second kappa shape index (κ2) is 3.97. The normalized spacial score (nSPS) is 19.2. The molecule has 1 aromatic rings. The second-order valence-corrected chi connectivity index (χ2v) is 4.74. The lowest BCUT2D eigenvalue weighted by molar-refractivity contribution is -0.274. The molecule has 16 heavy (non-hydrogen) atoms. The lowest BCUT2D eigenvalue weighted by Crippen LogP contribution is -2.17. The van der Waals surface area contributed by atoms with Gasteiger partial charge in [0.2, 0.25) is 0 Å². The molecule has 1 heterocycles. The molecule has 0 fully saturated rings. The van der Waals surface area contributed by atoms with E-state index in [9.17, 15) is 13.2 Å². The molecule has 1 unspecified atom stereocenters. The Bertz CT molecular complexity index is 417.